The number of pyridine rings is 1. The van der Waals surface area contributed by atoms with Gasteiger partial charge in [-0.1, -0.05) is 0 Å². The Kier molecular flexibility index (Phi) is 4.58. The normalized spacial score (nSPS) is 13.3. The molecule has 7 nitrogen and oxygen atoms in total. The van der Waals surface area contributed by atoms with E-state index in [2.05, 4.69) is 4.98 Å². The Labute approximate surface area is 124 Å². The Morgan fingerprint density at radius 3 is 2.64 bits per heavy atom. The third kappa shape index (κ3) is 4.08. The van der Waals surface area contributed by atoms with Crippen molar-refractivity contribution in [1.29, 1.82) is 0 Å². The zero-order valence-corrected chi connectivity index (χ0v) is 12.2. The lowest BCUT2D eigenvalue weighted by Crippen LogP contribution is -2.33. The molecule has 0 saturated carbocycles. The molecule has 5 N–H and O–H groups in total. The molecule has 22 heavy (non-hydrogen) atoms. The fourth-order valence-electron chi connectivity index (χ4n) is 2.06. The van der Waals surface area contributed by atoms with Crippen LogP contribution in [0, 0.1) is 5.82 Å². The van der Waals surface area contributed by atoms with Gasteiger partial charge in [0.15, 0.2) is 0 Å². The van der Waals surface area contributed by atoms with Gasteiger partial charge in [-0.25, -0.2) is 4.39 Å². The van der Waals surface area contributed by atoms with Crippen molar-refractivity contribution in [2.45, 2.75) is 18.6 Å². The van der Waals surface area contributed by atoms with Crippen molar-refractivity contribution in [3.8, 4) is 0 Å². The van der Waals surface area contributed by atoms with Crippen molar-refractivity contribution in [1.82, 2.24) is 4.98 Å². The van der Waals surface area contributed by atoms with Gasteiger partial charge >= 0.3 is 13.6 Å². The molecule has 0 saturated heterocycles. The number of nitrogens with zero attached hydrogens (tertiary/aromatic N) is 1. The van der Waals surface area contributed by atoms with E-state index >= 15 is 0 Å². The Morgan fingerprint density at radius 1 is 1.36 bits per heavy atom. The summed E-state index contributed by atoms with van der Waals surface area (Å²) in [6.45, 7) is 0. The number of benzene rings is 1. The van der Waals surface area contributed by atoms with Gasteiger partial charge in [0, 0.05) is 17.5 Å². The molecule has 1 unspecified atom stereocenters. The number of aliphatic carboxylic acids is 1. The number of hydrogen-bond acceptors (Lipinski definition) is 4. The Hall–Kier alpha value is -1.86. The second kappa shape index (κ2) is 6.10. The molecular formula is C13H14FN2O5P. The van der Waals surface area contributed by atoms with Gasteiger partial charge in [0.2, 0.25) is 0 Å². The molecule has 1 atom stereocenters. The molecule has 0 aliphatic carbocycles. The van der Waals surface area contributed by atoms with E-state index in [1.807, 2.05) is 0 Å². The molecule has 0 spiro atoms. The first-order chi connectivity index (χ1) is 10.2. The van der Waals surface area contributed by atoms with E-state index < -0.39 is 31.6 Å². The lowest BCUT2D eigenvalue weighted by Gasteiger charge is -2.13. The largest absolute Gasteiger partial charge is 0.480 e. The van der Waals surface area contributed by atoms with Crippen molar-refractivity contribution in [2.24, 2.45) is 5.73 Å². The number of hydrogen-bond donors (Lipinski definition) is 4. The van der Waals surface area contributed by atoms with Gasteiger partial charge in [-0.3, -0.25) is 14.3 Å². The van der Waals surface area contributed by atoms with Crippen LogP contribution < -0.4 is 5.73 Å². The van der Waals surface area contributed by atoms with Crippen molar-refractivity contribution in [3.05, 3.63) is 41.3 Å². The van der Waals surface area contributed by atoms with Gasteiger partial charge < -0.3 is 20.6 Å². The Bertz CT molecular complexity index is 776. The third-order valence-corrected chi connectivity index (χ3v) is 3.80. The lowest BCUT2D eigenvalue weighted by molar-refractivity contribution is -0.138. The number of nitrogens with two attached hydrogens (primary N) is 1. The number of carboxylic acid groups (broad SMARTS) is 1. The third-order valence-electron chi connectivity index (χ3n) is 3.05. The van der Waals surface area contributed by atoms with Crippen LogP contribution in [0.25, 0.3) is 10.9 Å². The van der Waals surface area contributed by atoms with E-state index in [-0.39, 0.29) is 17.7 Å². The predicted molar refractivity (Wildman–Crippen MR) is 76.8 cm³/mol. The molecule has 118 valence electrons. The number of fused-ring (bicyclic) bond motifs is 1. The van der Waals surface area contributed by atoms with E-state index in [1.54, 1.807) is 0 Å². The summed E-state index contributed by atoms with van der Waals surface area (Å²) in [5, 5.41) is 9.23. The maximum Gasteiger partial charge on any atom is 0.329 e. The molecule has 0 amide bonds. The Morgan fingerprint density at radius 2 is 2.05 bits per heavy atom. The second-order valence-electron chi connectivity index (χ2n) is 4.90. The van der Waals surface area contributed by atoms with Crippen LogP contribution in [0.4, 0.5) is 4.39 Å². The first-order valence-corrected chi connectivity index (χ1v) is 8.06. The van der Waals surface area contributed by atoms with E-state index in [1.165, 1.54) is 24.3 Å². The molecule has 0 bridgehead atoms. The summed E-state index contributed by atoms with van der Waals surface area (Å²) < 4.78 is 24.5. The molecule has 2 rings (SSSR count). The van der Waals surface area contributed by atoms with Crippen LogP contribution in [0.2, 0.25) is 0 Å². The van der Waals surface area contributed by atoms with E-state index in [0.717, 1.165) is 0 Å². The number of aromatic nitrogens is 1. The van der Waals surface area contributed by atoms with E-state index in [4.69, 9.17) is 20.6 Å². The number of halogens is 1. The van der Waals surface area contributed by atoms with Crippen LogP contribution in [0.15, 0.2) is 24.3 Å². The highest BCUT2D eigenvalue weighted by molar-refractivity contribution is 7.50. The molecule has 1 aromatic carbocycles. The van der Waals surface area contributed by atoms with Crippen LogP contribution in [0.5, 0.6) is 0 Å². The number of carboxylic acids is 1. The minimum Gasteiger partial charge on any atom is -0.480 e. The van der Waals surface area contributed by atoms with Gasteiger partial charge in [-0.15, -0.1) is 0 Å². The molecule has 0 aliphatic rings. The maximum absolute atomic E-state index is 13.2. The second-order valence-corrected chi connectivity index (χ2v) is 6.55. The van der Waals surface area contributed by atoms with Crippen molar-refractivity contribution in [3.63, 3.8) is 0 Å². The van der Waals surface area contributed by atoms with Crippen LogP contribution in [0.3, 0.4) is 0 Å². The standard InChI is InChI=1S/C13H14FN2O5P/c14-9-1-2-11-7(4-9)3-8(6-22(19,20)21)12(16-11)5-10(15)13(17)18/h1-4,10H,5-6,15H2,(H,17,18)(H2,19,20,21). The summed E-state index contributed by atoms with van der Waals surface area (Å²) in [5.41, 5.74) is 6.18. The minimum atomic E-state index is -4.39. The minimum absolute atomic E-state index is 0.156. The molecule has 0 fully saturated rings. The zero-order valence-electron chi connectivity index (χ0n) is 11.3. The first-order valence-electron chi connectivity index (χ1n) is 6.27. The first kappa shape index (κ1) is 16.5. The van der Waals surface area contributed by atoms with Gasteiger partial charge in [0.05, 0.1) is 11.7 Å². The average Bonchev–Trinajstić information content (AvgIpc) is 2.37. The predicted octanol–water partition coefficient (Wildman–Crippen LogP) is 1.01. The van der Waals surface area contributed by atoms with Crippen molar-refractivity contribution < 1.29 is 28.6 Å². The van der Waals surface area contributed by atoms with Crippen LogP contribution >= 0.6 is 7.60 Å². The summed E-state index contributed by atoms with van der Waals surface area (Å²) in [6, 6.07) is 3.93. The van der Waals surface area contributed by atoms with E-state index in [0.29, 0.717) is 10.9 Å². The molecular weight excluding hydrogens is 314 g/mol. The molecule has 2 aromatic rings. The lowest BCUT2D eigenvalue weighted by atomic mass is 10.0. The van der Waals surface area contributed by atoms with Crippen molar-refractivity contribution in [2.75, 3.05) is 0 Å². The van der Waals surface area contributed by atoms with Crippen LogP contribution in [-0.4, -0.2) is 31.9 Å². The Balaban J connectivity index is 2.54. The van der Waals surface area contributed by atoms with E-state index in [9.17, 15) is 13.8 Å². The topological polar surface area (TPSA) is 134 Å². The molecule has 9 heteroatoms. The fraction of sp³-hybridized carbons (Fsp3) is 0.231. The summed E-state index contributed by atoms with van der Waals surface area (Å²) in [6.07, 6.45) is -0.799. The number of rotatable bonds is 5. The molecule has 0 radical (unpaired) electrons. The molecule has 1 aromatic heterocycles. The summed E-state index contributed by atoms with van der Waals surface area (Å²) >= 11 is 0. The van der Waals surface area contributed by atoms with Gasteiger partial charge in [0.1, 0.15) is 11.9 Å². The summed E-state index contributed by atoms with van der Waals surface area (Å²) in [4.78, 5) is 33.3. The summed E-state index contributed by atoms with van der Waals surface area (Å²) in [5.74, 6) is -1.76. The SMILES string of the molecule is NC(Cc1nc2ccc(F)cc2cc1CP(=O)(O)O)C(=O)O. The smallest absolute Gasteiger partial charge is 0.329 e. The van der Waals surface area contributed by atoms with Crippen molar-refractivity contribution >= 4 is 24.5 Å². The number of carbonyl (C=O) groups is 1. The highest BCUT2D eigenvalue weighted by Crippen LogP contribution is 2.40. The maximum atomic E-state index is 13.2. The average molecular weight is 328 g/mol. The van der Waals surface area contributed by atoms with Gasteiger partial charge in [-0.2, -0.15) is 0 Å². The van der Waals surface area contributed by atoms with Gasteiger partial charge in [-0.05, 0) is 29.8 Å². The molecule has 0 aliphatic heterocycles. The molecule has 1 heterocycles. The van der Waals surface area contributed by atoms with Gasteiger partial charge in [0.25, 0.3) is 0 Å². The zero-order chi connectivity index (χ0) is 16.5. The summed E-state index contributed by atoms with van der Waals surface area (Å²) in [7, 11) is -4.39. The highest BCUT2D eigenvalue weighted by Gasteiger charge is 2.21. The van der Waals surface area contributed by atoms with Crippen LogP contribution in [0.1, 0.15) is 11.3 Å². The fourth-order valence-corrected chi connectivity index (χ4v) is 2.78. The monoisotopic (exact) mass is 328 g/mol. The van der Waals surface area contributed by atoms with Crippen LogP contribution in [-0.2, 0) is 21.9 Å². The highest BCUT2D eigenvalue weighted by atomic mass is 31.2. The quantitative estimate of drug-likeness (QED) is 0.602.